The highest BCUT2D eigenvalue weighted by molar-refractivity contribution is 8.01. The number of hydrogen-bond acceptors (Lipinski definition) is 3. The molecule has 0 aliphatic heterocycles. The molecule has 0 aromatic heterocycles. The van der Waals surface area contributed by atoms with E-state index in [1.807, 2.05) is 0 Å². The van der Waals surface area contributed by atoms with Crippen LogP contribution in [0.15, 0.2) is 24.3 Å². The van der Waals surface area contributed by atoms with Gasteiger partial charge in [-0.25, -0.2) is 4.39 Å². The van der Waals surface area contributed by atoms with Crippen molar-refractivity contribution in [1.29, 1.82) is 0 Å². The van der Waals surface area contributed by atoms with Crippen molar-refractivity contribution < 1.29 is 19.1 Å². The third kappa shape index (κ3) is 4.90. The number of anilines is 1. The second kappa shape index (κ2) is 7.13. The van der Waals surface area contributed by atoms with Crippen molar-refractivity contribution in [1.82, 2.24) is 0 Å². The summed E-state index contributed by atoms with van der Waals surface area (Å²) in [6.45, 7) is 3.41. The Bertz CT molecular complexity index is 450. The highest BCUT2D eigenvalue weighted by Gasteiger charge is 2.23. The Hall–Kier alpha value is -1.56. The van der Waals surface area contributed by atoms with E-state index < -0.39 is 16.5 Å². The van der Waals surface area contributed by atoms with Gasteiger partial charge in [-0.15, -0.1) is 11.8 Å². The SMILES string of the molecule is CCC(SC(C)C(=O)Nc1ccc(F)cc1)C(=O)O. The molecule has 6 heteroatoms. The normalized spacial score (nSPS) is 13.6. The van der Waals surface area contributed by atoms with Gasteiger partial charge < -0.3 is 10.4 Å². The molecule has 19 heavy (non-hydrogen) atoms. The zero-order chi connectivity index (χ0) is 14.4. The monoisotopic (exact) mass is 285 g/mol. The van der Waals surface area contributed by atoms with Crippen molar-refractivity contribution >= 4 is 29.3 Å². The van der Waals surface area contributed by atoms with Crippen LogP contribution in [0.3, 0.4) is 0 Å². The van der Waals surface area contributed by atoms with E-state index in [9.17, 15) is 14.0 Å². The molecular formula is C13H16FNO3S. The van der Waals surface area contributed by atoms with Crippen LogP contribution in [0.25, 0.3) is 0 Å². The van der Waals surface area contributed by atoms with Crippen LogP contribution >= 0.6 is 11.8 Å². The fourth-order valence-corrected chi connectivity index (χ4v) is 2.40. The minimum Gasteiger partial charge on any atom is -0.480 e. The van der Waals surface area contributed by atoms with Crippen LogP contribution in [0, 0.1) is 5.82 Å². The molecule has 2 unspecified atom stereocenters. The number of rotatable bonds is 6. The van der Waals surface area contributed by atoms with Gasteiger partial charge in [-0.05, 0) is 37.6 Å². The minimum atomic E-state index is -0.922. The summed E-state index contributed by atoms with van der Waals surface area (Å²) in [4.78, 5) is 22.7. The molecule has 0 aliphatic carbocycles. The number of halogens is 1. The molecule has 1 rings (SSSR count). The molecule has 0 bridgehead atoms. The smallest absolute Gasteiger partial charge is 0.316 e. The molecule has 0 heterocycles. The molecule has 2 N–H and O–H groups in total. The van der Waals surface area contributed by atoms with Crippen LogP contribution in [0.5, 0.6) is 0 Å². The topological polar surface area (TPSA) is 66.4 Å². The maximum absolute atomic E-state index is 12.7. The van der Waals surface area contributed by atoms with Gasteiger partial charge in [0, 0.05) is 5.69 Å². The number of amides is 1. The average Bonchev–Trinajstić information content (AvgIpc) is 2.37. The maximum Gasteiger partial charge on any atom is 0.316 e. The van der Waals surface area contributed by atoms with Crippen LogP contribution in [0.1, 0.15) is 20.3 Å². The molecule has 0 saturated carbocycles. The predicted octanol–water partition coefficient (Wildman–Crippen LogP) is 2.75. The van der Waals surface area contributed by atoms with Gasteiger partial charge in [0.05, 0.1) is 5.25 Å². The number of carbonyl (C=O) groups is 2. The van der Waals surface area contributed by atoms with Crippen LogP contribution in [-0.2, 0) is 9.59 Å². The second-order valence-corrected chi connectivity index (χ2v) is 5.56. The lowest BCUT2D eigenvalue weighted by molar-refractivity contribution is -0.136. The molecule has 1 aromatic rings. The van der Waals surface area contributed by atoms with Crippen LogP contribution in [0.2, 0.25) is 0 Å². The molecule has 104 valence electrons. The van der Waals surface area contributed by atoms with Gasteiger partial charge in [-0.2, -0.15) is 0 Å². The first-order valence-electron chi connectivity index (χ1n) is 5.88. The molecular weight excluding hydrogens is 269 g/mol. The summed E-state index contributed by atoms with van der Waals surface area (Å²) in [6.07, 6.45) is 0.453. The first-order chi connectivity index (χ1) is 8.93. The number of nitrogens with one attached hydrogen (secondary N) is 1. The number of carboxylic acid groups (broad SMARTS) is 1. The van der Waals surface area contributed by atoms with E-state index in [0.717, 1.165) is 11.8 Å². The van der Waals surface area contributed by atoms with Crippen molar-refractivity contribution in [3.05, 3.63) is 30.1 Å². The maximum atomic E-state index is 12.7. The van der Waals surface area contributed by atoms with Crippen molar-refractivity contribution in [2.45, 2.75) is 30.8 Å². The Morgan fingerprint density at radius 1 is 1.37 bits per heavy atom. The summed E-state index contributed by atoms with van der Waals surface area (Å²) in [6, 6.07) is 5.41. The van der Waals surface area contributed by atoms with Gasteiger partial charge in [-0.1, -0.05) is 6.92 Å². The molecule has 2 atom stereocenters. The number of carboxylic acids is 1. The zero-order valence-corrected chi connectivity index (χ0v) is 11.5. The Kier molecular flexibility index (Phi) is 5.82. The Labute approximate surface area is 115 Å². The lowest BCUT2D eigenvalue weighted by Crippen LogP contribution is -2.27. The van der Waals surface area contributed by atoms with Gasteiger partial charge in [0.2, 0.25) is 5.91 Å². The highest BCUT2D eigenvalue weighted by Crippen LogP contribution is 2.22. The van der Waals surface area contributed by atoms with Crippen LogP contribution in [-0.4, -0.2) is 27.5 Å². The fraction of sp³-hybridized carbons (Fsp3) is 0.385. The van der Waals surface area contributed by atoms with Crippen molar-refractivity contribution in [2.75, 3.05) is 5.32 Å². The third-order valence-corrected chi connectivity index (χ3v) is 3.98. The van der Waals surface area contributed by atoms with E-state index in [1.165, 1.54) is 24.3 Å². The van der Waals surface area contributed by atoms with Crippen molar-refractivity contribution in [3.63, 3.8) is 0 Å². The Morgan fingerprint density at radius 2 is 1.95 bits per heavy atom. The van der Waals surface area contributed by atoms with E-state index in [0.29, 0.717) is 12.1 Å². The summed E-state index contributed by atoms with van der Waals surface area (Å²) in [5.74, 6) is -1.59. The molecule has 0 fully saturated rings. The van der Waals surface area contributed by atoms with Gasteiger partial charge >= 0.3 is 5.97 Å². The average molecular weight is 285 g/mol. The zero-order valence-electron chi connectivity index (χ0n) is 10.7. The van der Waals surface area contributed by atoms with Gasteiger partial charge in [-0.3, -0.25) is 9.59 Å². The quantitative estimate of drug-likeness (QED) is 0.843. The third-order valence-electron chi connectivity index (χ3n) is 2.50. The van der Waals surface area contributed by atoms with E-state index in [-0.39, 0.29) is 11.7 Å². The van der Waals surface area contributed by atoms with Crippen molar-refractivity contribution in [2.24, 2.45) is 0 Å². The summed E-state index contributed by atoms with van der Waals surface area (Å²) in [7, 11) is 0. The van der Waals surface area contributed by atoms with Crippen LogP contribution in [0.4, 0.5) is 10.1 Å². The molecule has 1 amide bonds. The summed E-state index contributed by atoms with van der Waals surface area (Å²) in [5, 5.41) is 10.5. The number of thioether (sulfide) groups is 1. The van der Waals surface area contributed by atoms with E-state index >= 15 is 0 Å². The lowest BCUT2D eigenvalue weighted by Gasteiger charge is -2.16. The highest BCUT2D eigenvalue weighted by atomic mass is 32.2. The summed E-state index contributed by atoms with van der Waals surface area (Å²) in [5.41, 5.74) is 0.488. The molecule has 0 spiro atoms. The number of hydrogen-bond donors (Lipinski definition) is 2. The summed E-state index contributed by atoms with van der Waals surface area (Å²) >= 11 is 1.10. The number of aliphatic carboxylic acids is 1. The molecule has 0 radical (unpaired) electrons. The lowest BCUT2D eigenvalue weighted by atomic mass is 10.3. The van der Waals surface area contributed by atoms with Crippen LogP contribution < -0.4 is 5.32 Å². The standard InChI is InChI=1S/C13H16FNO3S/c1-3-11(13(17)18)19-8(2)12(16)15-10-6-4-9(14)5-7-10/h4-8,11H,3H2,1-2H3,(H,15,16)(H,17,18). The molecule has 0 aliphatic rings. The minimum absolute atomic E-state index is 0.295. The van der Waals surface area contributed by atoms with Gasteiger partial charge in [0.15, 0.2) is 0 Å². The van der Waals surface area contributed by atoms with E-state index in [4.69, 9.17) is 5.11 Å². The Balaban J connectivity index is 2.57. The van der Waals surface area contributed by atoms with Gasteiger partial charge in [0.1, 0.15) is 11.1 Å². The molecule has 0 saturated heterocycles. The van der Waals surface area contributed by atoms with Crippen molar-refractivity contribution in [3.8, 4) is 0 Å². The largest absolute Gasteiger partial charge is 0.480 e. The molecule has 1 aromatic carbocycles. The summed E-state index contributed by atoms with van der Waals surface area (Å²) < 4.78 is 12.7. The van der Waals surface area contributed by atoms with E-state index in [1.54, 1.807) is 13.8 Å². The number of carbonyl (C=O) groups excluding carboxylic acids is 1. The van der Waals surface area contributed by atoms with E-state index in [2.05, 4.69) is 5.32 Å². The number of benzene rings is 1. The fourth-order valence-electron chi connectivity index (χ4n) is 1.41. The first-order valence-corrected chi connectivity index (χ1v) is 6.83. The molecule has 4 nitrogen and oxygen atoms in total. The van der Waals surface area contributed by atoms with Gasteiger partial charge in [0.25, 0.3) is 0 Å². The second-order valence-electron chi connectivity index (χ2n) is 4.01. The predicted molar refractivity (Wildman–Crippen MR) is 73.8 cm³/mol. The first kappa shape index (κ1) is 15.5. The Morgan fingerprint density at radius 3 is 2.42 bits per heavy atom.